The molecule has 6 unspecified atom stereocenters. The minimum absolute atomic E-state index is 0.216. The fourth-order valence-electron chi connectivity index (χ4n) is 4.30. The van der Waals surface area contributed by atoms with Crippen molar-refractivity contribution in [1.82, 2.24) is 0 Å². The lowest BCUT2D eigenvalue weighted by atomic mass is 9.99. The van der Waals surface area contributed by atoms with Gasteiger partial charge in [0.1, 0.15) is 31.0 Å². The molecule has 6 atom stereocenters. The molecule has 0 aromatic heterocycles. The molecule has 224 valence electrons. The zero-order valence-corrected chi connectivity index (χ0v) is 23.4. The molecule has 10 nitrogen and oxygen atoms in total. The molecule has 1 fully saturated rings. The van der Waals surface area contributed by atoms with Crippen molar-refractivity contribution < 1.29 is 49.0 Å². The Morgan fingerprint density at radius 1 is 0.711 bits per heavy atom. The second-order valence-corrected chi connectivity index (χ2v) is 10.2. The molecule has 0 saturated carbocycles. The van der Waals surface area contributed by atoms with E-state index in [1.54, 1.807) is 0 Å². The van der Waals surface area contributed by atoms with Crippen LogP contribution in [0.3, 0.4) is 0 Å². The number of esters is 2. The van der Waals surface area contributed by atoms with Crippen LogP contribution in [0.25, 0.3) is 0 Å². The smallest absolute Gasteiger partial charge is 0.306 e. The molecule has 1 aliphatic rings. The van der Waals surface area contributed by atoms with Crippen LogP contribution in [0.1, 0.15) is 110 Å². The summed E-state index contributed by atoms with van der Waals surface area (Å²) in [6.45, 7) is 3.17. The molecular formula is C28H52O10. The Balaban J connectivity index is 2.47. The number of ether oxygens (including phenoxy) is 4. The summed E-state index contributed by atoms with van der Waals surface area (Å²) in [5.74, 6) is -0.837. The quantitative estimate of drug-likeness (QED) is 0.117. The van der Waals surface area contributed by atoms with E-state index in [-0.39, 0.29) is 26.1 Å². The van der Waals surface area contributed by atoms with Crippen LogP contribution >= 0.6 is 0 Å². The van der Waals surface area contributed by atoms with Gasteiger partial charge in [-0.05, 0) is 12.8 Å². The Morgan fingerprint density at radius 2 is 1.24 bits per heavy atom. The number of aliphatic hydroxyl groups excluding tert-OH is 4. The first-order valence-corrected chi connectivity index (χ1v) is 14.6. The normalized spacial score (nSPS) is 24.2. The van der Waals surface area contributed by atoms with E-state index in [1.165, 1.54) is 38.5 Å². The Morgan fingerprint density at radius 3 is 1.84 bits per heavy atom. The number of rotatable bonds is 22. The van der Waals surface area contributed by atoms with E-state index in [0.717, 1.165) is 32.1 Å². The average molecular weight is 549 g/mol. The van der Waals surface area contributed by atoms with Crippen LogP contribution in [0.5, 0.6) is 0 Å². The van der Waals surface area contributed by atoms with E-state index in [9.17, 15) is 30.0 Å². The summed E-state index contributed by atoms with van der Waals surface area (Å²) in [6, 6.07) is 0. The first-order valence-electron chi connectivity index (χ1n) is 14.6. The van der Waals surface area contributed by atoms with Crippen molar-refractivity contribution in [1.29, 1.82) is 0 Å². The van der Waals surface area contributed by atoms with Gasteiger partial charge in [0.15, 0.2) is 12.4 Å². The number of unbranched alkanes of at least 4 members (excludes halogenated alkanes) is 11. The number of carbonyl (C=O) groups is 2. The average Bonchev–Trinajstić information content (AvgIpc) is 2.91. The molecule has 1 saturated heterocycles. The molecule has 10 heteroatoms. The third-order valence-electron chi connectivity index (χ3n) is 6.74. The maximum Gasteiger partial charge on any atom is 0.306 e. The summed E-state index contributed by atoms with van der Waals surface area (Å²) in [5, 5.41) is 39.4. The van der Waals surface area contributed by atoms with Gasteiger partial charge in [0, 0.05) is 12.8 Å². The monoisotopic (exact) mass is 548 g/mol. The third kappa shape index (κ3) is 14.7. The summed E-state index contributed by atoms with van der Waals surface area (Å²) in [5.41, 5.74) is 0. The van der Waals surface area contributed by atoms with Crippen molar-refractivity contribution >= 4 is 11.9 Å². The van der Waals surface area contributed by atoms with Gasteiger partial charge in [0.2, 0.25) is 0 Å². The number of aliphatic hydroxyl groups is 4. The van der Waals surface area contributed by atoms with Crippen LogP contribution in [-0.2, 0) is 28.5 Å². The molecule has 0 aliphatic carbocycles. The fourth-order valence-corrected chi connectivity index (χ4v) is 4.30. The SMILES string of the molecule is CCCCCCCCCCCCC(=O)OC(COC(=O)CCCCC)COC1OC(CO)C(O)C(O)C1O. The molecule has 1 rings (SSSR count). The van der Waals surface area contributed by atoms with Crippen molar-refractivity contribution in [2.75, 3.05) is 19.8 Å². The summed E-state index contributed by atoms with van der Waals surface area (Å²) < 4.78 is 21.6. The molecule has 0 spiro atoms. The van der Waals surface area contributed by atoms with Crippen molar-refractivity contribution in [2.45, 2.75) is 147 Å². The minimum Gasteiger partial charge on any atom is -0.462 e. The molecule has 0 aromatic rings. The Hall–Kier alpha value is -1.30. The second-order valence-electron chi connectivity index (χ2n) is 10.2. The predicted octanol–water partition coefficient (Wildman–Crippen LogP) is 3.15. The highest BCUT2D eigenvalue weighted by Gasteiger charge is 2.44. The summed E-state index contributed by atoms with van der Waals surface area (Å²) >= 11 is 0. The Kier molecular flexibility index (Phi) is 19.7. The van der Waals surface area contributed by atoms with E-state index >= 15 is 0 Å². The fraction of sp³-hybridized carbons (Fsp3) is 0.929. The van der Waals surface area contributed by atoms with E-state index in [2.05, 4.69) is 6.92 Å². The van der Waals surface area contributed by atoms with Crippen LogP contribution in [0.15, 0.2) is 0 Å². The highest BCUT2D eigenvalue weighted by molar-refractivity contribution is 5.70. The molecule has 0 aromatic carbocycles. The highest BCUT2D eigenvalue weighted by atomic mass is 16.7. The lowest BCUT2D eigenvalue weighted by Crippen LogP contribution is -2.59. The number of hydrogen-bond acceptors (Lipinski definition) is 10. The third-order valence-corrected chi connectivity index (χ3v) is 6.74. The largest absolute Gasteiger partial charge is 0.462 e. The highest BCUT2D eigenvalue weighted by Crippen LogP contribution is 2.22. The van der Waals surface area contributed by atoms with Gasteiger partial charge in [-0.1, -0.05) is 84.5 Å². The Labute approximate surface area is 228 Å². The zero-order valence-electron chi connectivity index (χ0n) is 23.4. The molecule has 0 radical (unpaired) electrons. The Bertz CT molecular complexity index is 614. The maximum atomic E-state index is 12.4. The summed E-state index contributed by atoms with van der Waals surface area (Å²) in [4.78, 5) is 24.5. The molecule has 38 heavy (non-hydrogen) atoms. The maximum absolute atomic E-state index is 12.4. The van der Waals surface area contributed by atoms with Crippen LogP contribution in [0.4, 0.5) is 0 Å². The van der Waals surface area contributed by atoms with Crippen molar-refractivity contribution in [3.63, 3.8) is 0 Å². The van der Waals surface area contributed by atoms with Crippen LogP contribution in [-0.4, -0.2) is 89.0 Å². The zero-order chi connectivity index (χ0) is 28.2. The summed E-state index contributed by atoms with van der Waals surface area (Å²) in [6.07, 6.45) is 6.48. The van der Waals surface area contributed by atoms with Gasteiger partial charge in [-0.15, -0.1) is 0 Å². The predicted molar refractivity (Wildman–Crippen MR) is 141 cm³/mol. The van der Waals surface area contributed by atoms with Gasteiger partial charge in [-0.3, -0.25) is 9.59 Å². The lowest BCUT2D eigenvalue weighted by Gasteiger charge is -2.39. The van der Waals surface area contributed by atoms with Gasteiger partial charge < -0.3 is 39.4 Å². The second kappa shape index (κ2) is 21.5. The van der Waals surface area contributed by atoms with Crippen LogP contribution in [0, 0.1) is 0 Å². The molecule has 4 N–H and O–H groups in total. The van der Waals surface area contributed by atoms with Gasteiger partial charge in [-0.2, -0.15) is 0 Å². The van der Waals surface area contributed by atoms with Gasteiger partial charge in [-0.25, -0.2) is 0 Å². The molecule has 0 amide bonds. The van der Waals surface area contributed by atoms with Crippen LogP contribution in [0.2, 0.25) is 0 Å². The number of hydrogen-bond donors (Lipinski definition) is 4. The molecule has 1 heterocycles. The van der Waals surface area contributed by atoms with Crippen molar-refractivity contribution in [3.05, 3.63) is 0 Å². The van der Waals surface area contributed by atoms with E-state index in [1.807, 2.05) is 6.92 Å². The topological polar surface area (TPSA) is 152 Å². The van der Waals surface area contributed by atoms with Crippen molar-refractivity contribution in [3.8, 4) is 0 Å². The van der Waals surface area contributed by atoms with Gasteiger partial charge in [0.25, 0.3) is 0 Å². The van der Waals surface area contributed by atoms with Crippen LogP contribution < -0.4 is 0 Å². The van der Waals surface area contributed by atoms with Gasteiger partial charge in [0.05, 0.1) is 13.2 Å². The standard InChI is InChI=1S/C28H52O10/c1-3-5-7-8-9-10-11-12-13-15-17-24(31)37-21(19-35-23(30)16-14-6-4-2)20-36-28-27(34)26(33)25(32)22(18-29)38-28/h21-22,25-29,32-34H,3-20H2,1-2H3. The molecular weight excluding hydrogens is 496 g/mol. The van der Waals surface area contributed by atoms with E-state index in [4.69, 9.17) is 18.9 Å². The first kappa shape index (κ1) is 34.7. The lowest BCUT2D eigenvalue weighted by molar-refractivity contribution is -0.305. The van der Waals surface area contributed by atoms with Crippen molar-refractivity contribution in [2.24, 2.45) is 0 Å². The van der Waals surface area contributed by atoms with E-state index < -0.39 is 55.4 Å². The molecule has 1 aliphatic heterocycles. The summed E-state index contributed by atoms with van der Waals surface area (Å²) in [7, 11) is 0. The first-order chi connectivity index (χ1) is 18.3. The number of carbonyl (C=O) groups excluding carboxylic acids is 2. The van der Waals surface area contributed by atoms with Gasteiger partial charge >= 0.3 is 11.9 Å². The van der Waals surface area contributed by atoms with E-state index in [0.29, 0.717) is 12.8 Å². The molecule has 0 bridgehead atoms. The minimum atomic E-state index is -1.58.